The number of rotatable bonds is 12. The molecule has 2 fully saturated rings. The maximum atomic E-state index is 15.5. The third-order valence-corrected chi connectivity index (χ3v) is 8.93. The highest BCUT2D eigenvalue weighted by molar-refractivity contribution is 6.00. The van der Waals surface area contributed by atoms with E-state index in [0.717, 1.165) is 24.8 Å². The minimum atomic E-state index is -4.21. The third-order valence-electron chi connectivity index (χ3n) is 8.93. The number of aliphatic hydroxyl groups is 1. The number of alkyl halides is 2. The van der Waals surface area contributed by atoms with E-state index in [9.17, 15) is 24.3 Å². The number of hydrogen-bond donors (Lipinski definition) is 4. The summed E-state index contributed by atoms with van der Waals surface area (Å²) in [6.07, 6.45) is 4.53. The molecule has 0 unspecified atom stereocenters. The van der Waals surface area contributed by atoms with Gasteiger partial charge in [-0.2, -0.15) is 8.78 Å². The topological polar surface area (TPSA) is 153 Å². The Morgan fingerprint density at radius 3 is 2.35 bits per heavy atom. The molecule has 1 aromatic carbocycles. The summed E-state index contributed by atoms with van der Waals surface area (Å²) in [6.45, 7) is 3.96. The number of benzene rings is 1. The van der Waals surface area contributed by atoms with Crippen molar-refractivity contribution in [2.75, 3.05) is 45.7 Å². The number of piperazine rings is 1. The first-order valence-corrected chi connectivity index (χ1v) is 16.1. The number of hydrogen-bond acceptors (Lipinski definition) is 8. The van der Waals surface area contributed by atoms with Crippen LogP contribution in [0.1, 0.15) is 56.6 Å². The van der Waals surface area contributed by atoms with Crippen LogP contribution >= 0.6 is 0 Å². The molecule has 0 bridgehead atoms. The van der Waals surface area contributed by atoms with Crippen molar-refractivity contribution in [2.24, 2.45) is 5.92 Å². The number of pyridine rings is 1. The number of nitrogens with zero attached hydrogens (tertiary/aromatic N) is 3. The number of carbonyl (C=O) groups excluding carboxylic acids is 4. The standard InChI is InChI=1S/C33H43F3N6O6/c1-4-28(43)38-27(29(44)42-14-12-41(2)13-15-42)17-21-10-11-26(25(34)16-21)39-31(46)33(47,22-8-6-5-7-9-22)40-30(45)32(35,36)23-18-24(48-3)20-37-19-23/h10-11,16,18-20,22,27,47H,4-9,12-15,17H2,1-3H3,(H,38,43)(H,39,46)(H,40,45)/t27-,33+/m1/s1. The first-order valence-electron chi connectivity index (χ1n) is 16.1. The van der Waals surface area contributed by atoms with Crippen LogP contribution in [0.3, 0.4) is 0 Å². The van der Waals surface area contributed by atoms with E-state index in [0.29, 0.717) is 44.6 Å². The number of halogens is 3. The van der Waals surface area contributed by atoms with Gasteiger partial charge >= 0.3 is 5.92 Å². The lowest BCUT2D eigenvalue weighted by Crippen LogP contribution is -2.64. The Kier molecular flexibility index (Phi) is 12.0. The fourth-order valence-corrected chi connectivity index (χ4v) is 5.93. The van der Waals surface area contributed by atoms with Gasteiger partial charge in [0, 0.05) is 51.1 Å². The molecule has 1 aliphatic carbocycles. The molecule has 2 aliphatic rings. The Morgan fingerprint density at radius 1 is 1.04 bits per heavy atom. The summed E-state index contributed by atoms with van der Waals surface area (Å²) in [7, 11) is 3.19. The molecule has 4 rings (SSSR count). The number of methoxy groups -OCH3 is 1. The molecule has 4 N–H and O–H groups in total. The zero-order valence-corrected chi connectivity index (χ0v) is 27.4. The van der Waals surface area contributed by atoms with Crippen molar-refractivity contribution < 1.29 is 42.2 Å². The average Bonchev–Trinajstić information content (AvgIpc) is 3.09. The molecule has 15 heteroatoms. The quantitative estimate of drug-likeness (QED) is 0.251. The summed E-state index contributed by atoms with van der Waals surface area (Å²) in [4.78, 5) is 59.5. The fraction of sp³-hybridized carbons (Fsp3) is 0.545. The molecule has 1 saturated heterocycles. The van der Waals surface area contributed by atoms with Gasteiger partial charge in [0.15, 0.2) is 0 Å². The van der Waals surface area contributed by atoms with Gasteiger partial charge in [-0.3, -0.25) is 24.2 Å². The molecule has 48 heavy (non-hydrogen) atoms. The van der Waals surface area contributed by atoms with Crippen LogP contribution in [0, 0.1) is 11.7 Å². The lowest BCUT2D eigenvalue weighted by atomic mass is 9.80. The van der Waals surface area contributed by atoms with Crippen LogP contribution in [0.25, 0.3) is 0 Å². The second-order valence-electron chi connectivity index (χ2n) is 12.3. The van der Waals surface area contributed by atoms with Crippen molar-refractivity contribution in [3.63, 3.8) is 0 Å². The van der Waals surface area contributed by atoms with Crippen LogP contribution in [0.15, 0.2) is 36.7 Å². The summed E-state index contributed by atoms with van der Waals surface area (Å²) in [5.41, 5.74) is -3.65. The largest absolute Gasteiger partial charge is 0.495 e. The molecular weight excluding hydrogens is 633 g/mol. The van der Waals surface area contributed by atoms with Crippen LogP contribution in [0.2, 0.25) is 0 Å². The molecule has 0 spiro atoms. The molecule has 2 aromatic rings. The van der Waals surface area contributed by atoms with Crippen molar-refractivity contribution in [1.29, 1.82) is 0 Å². The number of carbonyl (C=O) groups is 4. The minimum absolute atomic E-state index is 0.0260. The van der Waals surface area contributed by atoms with Crippen molar-refractivity contribution in [1.82, 2.24) is 25.4 Å². The van der Waals surface area contributed by atoms with E-state index in [1.54, 1.807) is 11.8 Å². The molecular formula is C33H43F3N6O6. The van der Waals surface area contributed by atoms with Crippen LogP contribution in [-0.4, -0.2) is 95.6 Å². The Morgan fingerprint density at radius 2 is 1.73 bits per heavy atom. The van der Waals surface area contributed by atoms with Gasteiger partial charge in [-0.05, 0) is 43.7 Å². The van der Waals surface area contributed by atoms with Crippen molar-refractivity contribution >= 4 is 29.3 Å². The average molecular weight is 677 g/mol. The monoisotopic (exact) mass is 676 g/mol. The summed E-state index contributed by atoms with van der Waals surface area (Å²) in [5.74, 6) is -9.96. The maximum absolute atomic E-state index is 15.5. The van der Waals surface area contributed by atoms with E-state index >= 15 is 13.2 Å². The van der Waals surface area contributed by atoms with Gasteiger partial charge < -0.3 is 35.6 Å². The smallest absolute Gasteiger partial charge is 0.351 e. The second-order valence-corrected chi connectivity index (χ2v) is 12.3. The molecule has 1 saturated carbocycles. The third kappa shape index (κ3) is 8.61. The van der Waals surface area contributed by atoms with Crippen molar-refractivity contribution in [3.05, 3.63) is 53.6 Å². The summed E-state index contributed by atoms with van der Waals surface area (Å²) in [6, 6.07) is 3.71. The second kappa shape index (κ2) is 15.8. The Hall–Kier alpha value is -4.24. The predicted molar refractivity (Wildman–Crippen MR) is 169 cm³/mol. The first-order chi connectivity index (χ1) is 22.8. The fourth-order valence-electron chi connectivity index (χ4n) is 5.93. The van der Waals surface area contributed by atoms with E-state index in [4.69, 9.17) is 4.74 Å². The maximum Gasteiger partial charge on any atom is 0.351 e. The Labute approximate surface area is 277 Å². The van der Waals surface area contributed by atoms with Crippen molar-refractivity contribution in [3.8, 4) is 5.75 Å². The molecule has 1 aromatic heterocycles. The summed E-state index contributed by atoms with van der Waals surface area (Å²) < 4.78 is 51.0. The molecule has 4 amide bonds. The zero-order chi connectivity index (χ0) is 35.1. The van der Waals surface area contributed by atoms with Gasteiger partial charge in [-0.15, -0.1) is 0 Å². The van der Waals surface area contributed by atoms with E-state index < -0.39 is 46.8 Å². The van der Waals surface area contributed by atoms with E-state index in [-0.39, 0.29) is 48.9 Å². The number of amides is 4. The normalized spacial score (nSPS) is 17.9. The minimum Gasteiger partial charge on any atom is -0.495 e. The lowest BCUT2D eigenvalue weighted by Gasteiger charge is -2.38. The molecule has 2 heterocycles. The first kappa shape index (κ1) is 36.6. The highest BCUT2D eigenvalue weighted by Gasteiger charge is 2.51. The molecule has 1 aliphatic heterocycles. The molecule has 12 nitrogen and oxygen atoms in total. The number of aromatic nitrogens is 1. The lowest BCUT2D eigenvalue weighted by molar-refractivity contribution is -0.166. The Bertz CT molecular complexity index is 1480. The highest BCUT2D eigenvalue weighted by atomic mass is 19.3. The van der Waals surface area contributed by atoms with E-state index in [1.165, 1.54) is 25.4 Å². The van der Waals surface area contributed by atoms with Crippen LogP contribution in [0.5, 0.6) is 5.75 Å². The van der Waals surface area contributed by atoms with Gasteiger partial charge in [-0.1, -0.05) is 32.3 Å². The van der Waals surface area contributed by atoms with E-state index in [1.807, 2.05) is 12.4 Å². The SMILES string of the molecule is CCC(=O)N[C@H](Cc1ccc(NC(=O)[C@](O)(NC(=O)C(F)(F)c2cncc(OC)c2)C2CCCCC2)c(F)c1)C(=O)N1CCN(C)CC1. The van der Waals surface area contributed by atoms with Crippen LogP contribution < -0.4 is 20.7 Å². The molecule has 262 valence electrons. The van der Waals surface area contributed by atoms with Crippen LogP contribution in [-0.2, 0) is 31.5 Å². The zero-order valence-electron chi connectivity index (χ0n) is 27.4. The summed E-state index contributed by atoms with van der Waals surface area (Å²) >= 11 is 0. The number of likely N-dealkylation sites (N-methyl/N-ethyl adjacent to an activating group) is 1. The number of ether oxygens (including phenoxy) is 1. The predicted octanol–water partition coefficient (Wildman–Crippen LogP) is 2.56. The van der Waals surface area contributed by atoms with Gasteiger partial charge in [0.25, 0.3) is 11.8 Å². The highest BCUT2D eigenvalue weighted by Crippen LogP contribution is 2.35. The van der Waals surface area contributed by atoms with Crippen molar-refractivity contribution in [2.45, 2.75) is 69.6 Å². The van der Waals surface area contributed by atoms with Gasteiger partial charge in [0.2, 0.25) is 17.5 Å². The summed E-state index contributed by atoms with van der Waals surface area (Å²) in [5, 5.41) is 18.4. The Balaban J connectivity index is 1.53. The molecule has 2 atom stereocenters. The van der Waals surface area contributed by atoms with Gasteiger partial charge in [0.1, 0.15) is 17.6 Å². The van der Waals surface area contributed by atoms with E-state index in [2.05, 4.69) is 20.5 Å². The number of nitrogens with one attached hydrogen (secondary N) is 3. The van der Waals surface area contributed by atoms with Gasteiger partial charge in [0.05, 0.1) is 24.6 Å². The number of anilines is 1. The van der Waals surface area contributed by atoms with Gasteiger partial charge in [-0.25, -0.2) is 4.39 Å². The molecule has 0 radical (unpaired) electrons. The van der Waals surface area contributed by atoms with Crippen LogP contribution in [0.4, 0.5) is 18.9 Å².